The number of pyridine rings is 2. The number of hydrogen-bond acceptors (Lipinski definition) is 7. The van der Waals surface area contributed by atoms with Crippen molar-refractivity contribution in [3.8, 4) is 11.3 Å². The molecule has 0 saturated carbocycles. The van der Waals surface area contributed by atoms with Crippen molar-refractivity contribution < 1.29 is 4.79 Å². The van der Waals surface area contributed by atoms with Crippen molar-refractivity contribution in [2.75, 3.05) is 44.7 Å². The van der Waals surface area contributed by atoms with Crippen LogP contribution in [0.25, 0.3) is 22.3 Å². The summed E-state index contributed by atoms with van der Waals surface area (Å²) in [5.74, 6) is 0.832. The van der Waals surface area contributed by atoms with E-state index in [1.165, 1.54) is 11.1 Å². The van der Waals surface area contributed by atoms with E-state index in [4.69, 9.17) is 9.97 Å². The lowest BCUT2D eigenvalue weighted by Gasteiger charge is -2.33. The molecular weight excluding hydrogens is 476 g/mol. The first-order chi connectivity index (χ1) is 18.2. The lowest BCUT2D eigenvalue weighted by atomic mass is 9.98. The summed E-state index contributed by atoms with van der Waals surface area (Å²) in [6.45, 7) is 14.9. The highest BCUT2D eigenvalue weighted by Crippen LogP contribution is 2.27. The molecule has 0 aromatic carbocycles. The van der Waals surface area contributed by atoms with Crippen LogP contribution in [0.5, 0.6) is 0 Å². The minimum atomic E-state index is -0.136. The summed E-state index contributed by atoms with van der Waals surface area (Å²) in [6, 6.07) is 6.24. The second-order valence-electron chi connectivity index (χ2n) is 10.8. The Morgan fingerprint density at radius 2 is 1.92 bits per heavy atom. The maximum absolute atomic E-state index is 13.6. The Kier molecular flexibility index (Phi) is 7.21. The zero-order valence-electron chi connectivity index (χ0n) is 23.2. The highest BCUT2D eigenvalue weighted by Gasteiger charge is 2.21. The SMILES string of the molecule is CC1=CC(C)=C(CNC(=O)c2cc(-c3ccc(N4CCN(C)CC4)nc3)nc3c2cnn3C(C)C)C(C)N1. The maximum Gasteiger partial charge on any atom is 0.252 e. The minimum absolute atomic E-state index is 0.112. The summed E-state index contributed by atoms with van der Waals surface area (Å²) in [4.78, 5) is 27.9. The quantitative estimate of drug-likeness (QED) is 0.518. The summed E-state index contributed by atoms with van der Waals surface area (Å²) < 4.78 is 1.87. The van der Waals surface area contributed by atoms with Gasteiger partial charge in [0.2, 0.25) is 0 Å². The van der Waals surface area contributed by atoms with Crippen LogP contribution in [0.3, 0.4) is 0 Å². The number of carbonyl (C=O) groups is 1. The molecule has 1 fully saturated rings. The first-order valence-electron chi connectivity index (χ1n) is 13.4. The van der Waals surface area contributed by atoms with E-state index >= 15 is 0 Å². The van der Waals surface area contributed by atoms with E-state index in [1.807, 2.05) is 29.1 Å². The van der Waals surface area contributed by atoms with Crippen molar-refractivity contribution in [3.05, 3.63) is 59.1 Å². The predicted octanol–water partition coefficient (Wildman–Crippen LogP) is 3.77. The molecule has 1 atom stereocenters. The van der Waals surface area contributed by atoms with Gasteiger partial charge < -0.3 is 20.4 Å². The van der Waals surface area contributed by atoms with E-state index in [2.05, 4.69) is 73.3 Å². The van der Waals surface area contributed by atoms with Gasteiger partial charge in [0.25, 0.3) is 5.91 Å². The van der Waals surface area contributed by atoms with Crippen molar-refractivity contribution in [3.63, 3.8) is 0 Å². The fourth-order valence-corrected chi connectivity index (χ4v) is 5.28. The van der Waals surface area contributed by atoms with E-state index in [0.29, 0.717) is 23.4 Å². The summed E-state index contributed by atoms with van der Waals surface area (Å²) >= 11 is 0. The average Bonchev–Trinajstić information content (AvgIpc) is 3.32. The lowest BCUT2D eigenvalue weighted by molar-refractivity contribution is 0.0958. The van der Waals surface area contributed by atoms with Crippen molar-refractivity contribution in [2.45, 2.75) is 46.7 Å². The molecule has 0 spiro atoms. The number of carbonyl (C=O) groups excluding carboxylic acids is 1. The van der Waals surface area contributed by atoms with Crippen LogP contribution in [0.2, 0.25) is 0 Å². The predicted molar refractivity (Wildman–Crippen MR) is 152 cm³/mol. The number of piperazine rings is 1. The van der Waals surface area contributed by atoms with Gasteiger partial charge in [-0.2, -0.15) is 5.10 Å². The van der Waals surface area contributed by atoms with Crippen LogP contribution in [-0.2, 0) is 0 Å². The van der Waals surface area contributed by atoms with E-state index in [1.54, 1.807) is 6.20 Å². The average molecular weight is 515 g/mol. The Morgan fingerprint density at radius 1 is 1.16 bits per heavy atom. The molecule has 3 aromatic heterocycles. The van der Waals surface area contributed by atoms with Crippen LogP contribution < -0.4 is 15.5 Å². The number of aromatic nitrogens is 4. The molecule has 9 nitrogen and oxygen atoms in total. The van der Waals surface area contributed by atoms with Gasteiger partial charge in [0.15, 0.2) is 5.65 Å². The number of amides is 1. The van der Waals surface area contributed by atoms with E-state index < -0.39 is 0 Å². The molecule has 2 N–H and O–H groups in total. The van der Waals surface area contributed by atoms with Crippen molar-refractivity contribution in [1.82, 2.24) is 35.3 Å². The summed E-state index contributed by atoms with van der Waals surface area (Å²) in [7, 11) is 2.15. The molecule has 2 aliphatic heterocycles. The zero-order chi connectivity index (χ0) is 27.0. The van der Waals surface area contributed by atoms with Crippen LogP contribution in [0.15, 0.2) is 53.5 Å². The fraction of sp³-hybridized carbons (Fsp3) is 0.448. The molecule has 5 heterocycles. The number of dihydropyridines is 1. The van der Waals surface area contributed by atoms with Crippen LogP contribution >= 0.6 is 0 Å². The third kappa shape index (κ3) is 5.15. The van der Waals surface area contributed by atoms with Crippen LogP contribution in [0.1, 0.15) is 51.0 Å². The van der Waals surface area contributed by atoms with Crippen LogP contribution in [0, 0.1) is 0 Å². The standard InChI is InChI=1S/C29H38N8O/c1-18(2)37-28-25(17-32-37)23(29(38)31-16-24-19(3)13-20(4)33-21(24)5)14-26(34-28)22-7-8-27(30-15-22)36-11-9-35(6)10-12-36/h7-8,13-15,17-18,21,33H,9-12,16H2,1-6H3,(H,31,38). The third-order valence-electron chi connectivity index (χ3n) is 7.52. The molecule has 1 unspecified atom stereocenters. The van der Waals surface area contributed by atoms with Crippen LogP contribution in [-0.4, -0.2) is 76.4 Å². The van der Waals surface area contributed by atoms with Gasteiger partial charge in [0, 0.05) is 62.3 Å². The van der Waals surface area contributed by atoms with Crippen molar-refractivity contribution in [2.24, 2.45) is 0 Å². The van der Waals surface area contributed by atoms with Gasteiger partial charge in [-0.15, -0.1) is 0 Å². The smallest absolute Gasteiger partial charge is 0.252 e. The molecular formula is C29H38N8O. The molecule has 0 aliphatic carbocycles. The first kappa shape index (κ1) is 25.9. The number of allylic oxidation sites excluding steroid dienone is 3. The number of likely N-dealkylation sites (N-methyl/N-ethyl adjacent to an activating group) is 1. The maximum atomic E-state index is 13.6. The highest BCUT2D eigenvalue weighted by atomic mass is 16.1. The second kappa shape index (κ2) is 10.6. The summed E-state index contributed by atoms with van der Waals surface area (Å²) in [5.41, 5.74) is 6.36. The van der Waals surface area contributed by atoms with Crippen molar-refractivity contribution in [1.29, 1.82) is 0 Å². The molecule has 0 radical (unpaired) electrons. The Balaban J connectivity index is 1.46. The fourth-order valence-electron chi connectivity index (χ4n) is 5.28. The number of fused-ring (bicyclic) bond motifs is 1. The molecule has 1 amide bonds. The van der Waals surface area contributed by atoms with Gasteiger partial charge in [-0.05, 0) is 77.1 Å². The van der Waals surface area contributed by atoms with Gasteiger partial charge in [-0.25, -0.2) is 14.6 Å². The molecule has 200 valence electrons. The molecule has 1 saturated heterocycles. The molecule has 2 aliphatic rings. The number of nitrogens with zero attached hydrogens (tertiary/aromatic N) is 6. The van der Waals surface area contributed by atoms with E-state index in [-0.39, 0.29) is 18.0 Å². The minimum Gasteiger partial charge on any atom is -0.382 e. The van der Waals surface area contributed by atoms with Gasteiger partial charge in [0.05, 0.1) is 22.8 Å². The first-order valence-corrected chi connectivity index (χ1v) is 13.4. The molecule has 0 bridgehead atoms. The number of nitrogens with one attached hydrogen (secondary N) is 2. The Morgan fingerprint density at radius 3 is 2.58 bits per heavy atom. The number of anilines is 1. The monoisotopic (exact) mass is 514 g/mol. The molecule has 9 heteroatoms. The topological polar surface area (TPSA) is 91.2 Å². The third-order valence-corrected chi connectivity index (χ3v) is 7.52. The molecule has 3 aromatic rings. The number of hydrogen-bond donors (Lipinski definition) is 2. The highest BCUT2D eigenvalue weighted by molar-refractivity contribution is 6.06. The van der Waals surface area contributed by atoms with Gasteiger partial charge in [-0.3, -0.25) is 4.79 Å². The van der Waals surface area contributed by atoms with E-state index in [9.17, 15) is 4.79 Å². The Bertz CT molecular complexity index is 1390. The van der Waals surface area contributed by atoms with Gasteiger partial charge in [0.1, 0.15) is 5.82 Å². The Labute approximate surface area is 224 Å². The normalized spacial score (nSPS) is 18.7. The summed E-state index contributed by atoms with van der Waals surface area (Å²) in [5, 5.41) is 11.9. The van der Waals surface area contributed by atoms with Crippen LogP contribution in [0.4, 0.5) is 5.82 Å². The summed E-state index contributed by atoms with van der Waals surface area (Å²) in [6.07, 6.45) is 5.73. The molecule has 38 heavy (non-hydrogen) atoms. The largest absolute Gasteiger partial charge is 0.382 e. The second-order valence-corrected chi connectivity index (χ2v) is 10.8. The zero-order valence-corrected chi connectivity index (χ0v) is 23.2. The Hall–Kier alpha value is -3.72. The van der Waals surface area contributed by atoms with E-state index in [0.717, 1.165) is 48.6 Å². The van der Waals surface area contributed by atoms with Crippen molar-refractivity contribution >= 4 is 22.8 Å². The van der Waals surface area contributed by atoms with Gasteiger partial charge in [-0.1, -0.05) is 0 Å². The molecule has 5 rings (SSSR count). The lowest BCUT2D eigenvalue weighted by Crippen LogP contribution is -2.44. The number of rotatable bonds is 6. The van der Waals surface area contributed by atoms with Gasteiger partial charge >= 0.3 is 0 Å².